The summed E-state index contributed by atoms with van der Waals surface area (Å²) in [5.41, 5.74) is 0. The van der Waals surface area contributed by atoms with Crippen LogP contribution in [0.25, 0.3) is 0 Å². The number of hydrogen-bond acceptors (Lipinski definition) is 2. The molecule has 0 aliphatic carbocycles. The van der Waals surface area contributed by atoms with E-state index in [2.05, 4.69) is 44.7 Å². The summed E-state index contributed by atoms with van der Waals surface area (Å²) in [5.74, 6) is 0.878. The van der Waals surface area contributed by atoms with Crippen molar-refractivity contribution in [2.24, 2.45) is 5.92 Å². The first-order chi connectivity index (χ1) is 7.10. The van der Waals surface area contributed by atoms with Gasteiger partial charge in [-0.05, 0) is 65.5 Å². The molecule has 0 aliphatic rings. The first-order valence-corrected chi connectivity index (χ1v) is 6.47. The lowest BCUT2D eigenvalue weighted by molar-refractivity contribution is 0.280. The van der Waals surface area contributed by atoms with Crippen LogP contribution >= 0.6 is 0 Å². The standard InChI is InChI=1S/C13H30N2/c1-6-15(7-2)11-8-9-13(3)10-12-14(4)5/h13H,6-12H2,1-5H3. The van der Waals surface area contributed by atoms with Crippen LogP contribution in [0.15, 0.2) is 0 Å². The smallest absolute Gasteiger partial charge is 0.00189 e. The second kappa shape index (κ2) is 9.17. The van der Waals surface area contributed by atoms with Crippen molar-refractivity contribution in [3.63, 3.8) is 0 Å². The zero-order chi connectivity index (χ0) is 11.7. The molecule has 92 valence electrons. The van der Waals surface area contributed by atoms with E-state index in [1.54, 1.807) is 0 Å². The van der Waals surface area contributed by atoms with Gasteiger partial charge >= 0.3 is 0 Å². The Morgan fingerprint density at radius 1 is 0.933 bits per heavy atom. The normalized spacial score (nSPS) is 13.8. The van der Waals surface area contributed by atoms with Crippen molar-refractivity contribution in [2.75, 3.05) is 40.3 Å². The van der Waals surface area contributed by atoms with E-state index < -0.39 is 0 Å². The highest BCUT2D eigenvalue weighted by Gasteiger charge is 2.04. The van der Waals surface area contributed by atoms with Crippen LogP contribution in [0.5, 0.6) is 0 Å². The molecule has 1 unspecified atom stereocenters. The summed E-state index contributed by atoms with van der Waals surface area (Å²) in [6.45, 7) is 11.8. The molecule has 0 radical (unpaired) electrons. The van der Waals surface area contributed by atoms with Gasteiger partial charge in [-0.25, -0.2) is 0 Å². The molecule has 0 fully saturated rings. The monoisotopic (exact) mass is 214 g/mol. The molecule has 0 heterocycles. The molecule has 0 saturated carbocycles. The van der Waals surface area contributed by atoms with Crippen molar-refractivity contribution in [1.82, 2.24) is 9.80 Å². The van der Waals surface area contributed by atoms with E-state index in [1.807, 2.05) is 0 Å². The molecule has 0 aromatic carbocycles. The molecule has 0 bridgehead atoms. The van der Waals surface area contributed by atoms with Crippen molar-refractivity contribution in [3.8, 4) is 0 Å². The maximum atomic E-state index is 2.51. The summed E-state index contributed by atoms with van der Waals surface area (Å²) < 4.78 is 0. The molecule has 0 aromatic heterocycles. The predicted molar refractivity (Wildman–Crippen MR) is 69.4 cm³/mol. The average Bonchev–Trinajstić information content (AvgIpc) is 2.21. The van der Waals surface area contributed by atoms with E-state index in [-0.39, 0.29) is 0 Å². The summed E-state index contributed by atoms with van der Waals surface area (Å²) in [6.07, 6.45) is 4.08. The third-order valence-corrected chi connectivity index (χ3v) is 3.13. The molecule has 0 spiro atoms. The van der Waals surface area contributed by atoms with Crippen molar-refractivity contribution in [2.45, 2.75) is 40.0 Å². The Morgan fingerprint density at radius 3 is 2.00 bits per heavy atom. The van der Waals surface area contributed by atoms with E-state index >= 15 is 0 Å². The van der Waals surface area contributed by atoms with Gasteiger partial charge in [-0.2, -0.15) is 0 Å². The summed E-state index contributed by atoms with van der Waals surface area (Å²) in [6, 6.07) is 0. The molecule has 0 amide bonds. The largest absolute Gasteiger partial charge is 0.309 e. The number of rotatable bonds is 9. The molecule has 0 rings (SSSR count). The van der Waals surface area contributed by atoms with Crippen LogP contribution in [-0.2, 0) is 0 Å². The third-order valence-electron chi connectivity index (χ3n) is 3.13. The zero-order valence-corrected chi connectivity index (χ0v) is 11.4. The molecular formula is C13H30N2. The van der Waals surface area contributed by atoms with Crippen molar-refractivity contribution in [3.05, 3.63) is 0 Å². The molecule has 0 saturated heterocycles. The Labute approximate surface area is 96.6 Å². The van der Waals surface area contributed by atoms with E-state index in [0.717, 1.165) is 5.92 Å². The summed E-state index contributed by atoms with van der Waals surface area (Å²) in [4.78, 5) is 4.79. The molecule has 2 nitrogen and oxygen atoms in total. The summed E-state index contributed by atoms with van der Waals surface area (Å²) >= 11 is 0. The summed E-state index contributed by atoms with van der Waals surface area (Å²) in [7, 11) is 4.31. The van der Waals surface area contributed by atoms with Crippen molar-refractivity contribution < 1.29 is 0 Å². The maximum Gasteiger partial charge on any atom is -0.00189 e. The minimum Gasteiger partial charge on any atom is -0.309 e. The first-order valence-electron chi connectivity index (χ1n) is 6.47. The van der Waals surface area contributed by atoms with Crippen LogP contribution in [0, 0.1) is 5.92 Å². The minimum atomic E-state index is 0.878. The zero-order valence-electron chi connectivity index (χ0n) is 11.4. The molecule has 0 aromatic rings. The Kier molecular flexibility index (Phi) is 9.12. The quantitative estimate of drug-likeness (QED) is 0.582. The van der Waals surface area contributed by atoms with E-state index in [4.69, 9.17) is 0 Å². The van der Waals surface area contributed by atoms with Crippen molar-refractivity contribution in [1.29, 1.82) is 0 Å². The van der Waals surface area contributed by atoms with Crippen LogP contribution in [0.4, 0.5) is 0 Å². The first kappa shape index (κ1) is 14.9. The van der Waals surface area contributed by atoms with Crippen LogP contribution in [-0.4, -0.2) is 50.1 Å². The van der Waals surface area contributed by atoms with Crippen LogP contribution < -0.4 is 0 Å². The molecule has 15 heavy (non-hydrogen) atoms. The number of nitrogens with zero attached hydrogens (tertiary/aromatic N) is 2. The lowest BCUT2D eigenvalue weighted by atomic mass is 10.0. The fraction of sp³-hybridized carbons (Fsp3) is 1.00. The molecule has 0 N–H and O–H groups in total. The van der Waals surface area contributed by atoms with Crippen molar-refractivity contribution >= 4 is 0 Å². The van der Waals surface area contributed by atoms with Gasteiger partial charge < -0.3 is 9.80 Å². The molecule has 2 heteroatoms. The summed E-state index contributed by atoms with van der Waals surface area (Å²) in [5, 5.41) is 0. The van der Waals surface area contributed by atoms with Crippen LogP contribution in [0.2, 0.25) is 0 Å². The second-order valence-corrected chi connectivity index (χ2v) is 4.87. The Morgan fingerprint density at radius 2 is 1.53 bits per heavy atom. The third kappa shape index (κ3) is 8.88. The van der Waals surface area contributed by atoms with Crippen LogP contribution in [0.3, 0.4) is 0 Å². The SMILES string of the molecule is CCN(CC)CCCC(C)CCN(C)C. The minimum absolute atomic E-state index is 0.878. The fourth-order valence-corrected chi connectivity index (χ4v) is 1.83. The van der Waals surface area contributed by atoms with Gasteiger partial charge in [0.15, 0.2) is 0 Å². The number of hydrogen-bond donors (Lipinski definition) is 0. The Bertz CT molecular complexity index is 130. The molecular weight excluding hydrogens is 184 g/mol. The Balaban J connectivity index is 3.41. The van der Waals surface area contributed by atoms with E-state index in [9.17, 15) is 0 Å². The predicted octanol–water partition coefficient (Wildman–Crippen LogP) is 2.70. The highest BCUT2D eigenvalue weighted by atomic mass is 15.1. The van der Waals surface area contributed by atoms with Gasteiger partial charge in [0.2, 0.25) is 0 Å². The fourth-order valence-electron chi connectivity index (χ4n) is 1.83. The van der Waals surface area contributed by atoms with Gasteiger partial charge in [-0.1, -0.05) is 20.8 Å². The van der Waals surface area contributed by atoms with E-state index in [1.165, 1.54) is 45.4 Å². The van der Waals surface area contributed by atoms with Crippen LogP contribution in [0.1, 0.15) is 40.0 Å². The van der Waals surface area contributed by atoms with Gasteiger partial charge in [0.25, 0.3) is 0 Å². The topological polar surface area (TPSA) is 6.48 Å². The van der Waals surface area contributed by atoms with Gasteiger partial charge in [0, 0.05) is 0 Å². The lowest BCUT2D eigenvalue weighted by Gasteiger charge is -2.19. The highest BCUT2D eigenvalue weighted by molar-refractivity contribution is 4.59. The van der Waals surface area contributed by atoms with Gasteiger partial charge in [-0.15, -0.1) is 0 Å². The van der Waals surface area contributed by atoms with Gasteiger partial charge in [0.05, 0.1) is 0 Å². The Hall–Kier alpha value is -0.0800. The molecule has 0 aliphatic heterocycles. The lowest BCUT2D eigenvalue weighted by Crippen LogP contribution is -2.24. The van der Waals surface area contributed by atoms with E-state index in [0.29, 0.717) is 0 Å². The van der Waals surface area contributed by atoms with Gasteiger partial charge in [0.1, 0.15) is 0 Å². The maximum absolute atomic E-state index is 2.51. The van der Waals surface area contributed by atoms with Gasteiger partial charge in [-0.3, -0.25) is 0 Å². The average molecular weight is 214 g/mol. The molecule has 1 atom stereocenters. The highest BCUT2D eigenvalue weighted by Crippen LogP contribution is 2.10. The second-order valence-electron chi connectivity index (χ2n) is 4.87.